The van der Waals surface area contributed by atoms with E-state index in [0.29, 0.717) is 16.7 Å². The summed E-state index contributed by atoms with van der Waals surface area (Å²) in [7, 11) is 0. The highest BCUT2D eigenvalue weighted by molar-refractivity contribution is 7.15. The lowest BCUT2D eigenvalue weighted by molar-refractivity contribution is -0.116. The first-order valence-electron chi connectivity index (χ1n) is 9.03. The van der Waals surface area contributed by atoms with Crippen LogP contribution in [0.2, 0.25) is 0 Å². The van der Waals surface area contributed by atoms with Gasteiger partial charge in [-0.15, -0.1) is 11.3 Å². The fourth-order valence-corrected chi connectivity index (χ4v) is 3.39. The van der Waals surface area contributed by atoms with Crippen molar-refractivity contribution in [2.24, 2.45) is 0 Å². The summed E-state index contributed by atoms with van der Waals surface area (Å²) in [6.07, 6.45) is 5.67. The summed E-state index contributed by atoms with van der Waals surface area (Å²) in [5.74, 6) is 0.172. The molecule has 0 aliphatic heterocycles. The molecule has 0 aliphatic carbocycles. The normalized spacial score (nSPS) is 10.7. The van der Waals surface area contributed by atoms with Crippen LogP contribution >= 0.6 is 11.3 Å². The second-order valence-corrected chi connectivity index (χ2v) is 7.79. The summed E-state index contributed by atoms with van der Waals surface area (Å²) in [4.78, 5) is 33.7. The zero-order valence-corrected chi connectivity index (χ0v) is 16.6. The molecule has 2 amide bonds. The Morgan fingerprint density at radius 1 is 0.964 bits per heavy atom. The van der Waals surface area contributed by atoms with Crippen LogP contribution < -0.4 is 10.6 Å². The summed E-state index contributed by atoms with van der Waals surface area (Å²) in [5.41, 5.74) is 2.42. The Hall–Kier alpha value is -3.06. The molecule has 2 N–H and O–H groups in total. The van der Waals surface area contributed by atoms with Gasteiger partial charge in [0.05, 0.1) is 12.8 Å². The minimum Gasteiger partial charge on any atom is -0.326 e. The van der Waals surface area contributed by atoms with Crippen LogP contribution in [0.4, 0.5) is 10.8 Å². The van der Waals surface area contributed by atoms with Crippen LogP contribution in [0.25, 0.3) is 0 Å². The summed E-state index contributed by atoms with van der Waals surface area (Å²) in [6.45, 7) is 4.19. The van der Waals surface area contributed by atoms with Gasteiger partial charge >= 0.3 is 0 Å². The molecule has 3 aromatic rings. The van der Waals surface area contributed by atoms with Gasteiger partial charge in [0.1, 0.15) is 0 Å². The van der Waals surface area contributed by atoms with E-state index in [1.165, 1.54) is 11.3 Å². The number of carbonyl (C=O) groups excluding carboxylic acids is 2. The third kappa shape index (κ3) is 5.72. The van der Waals surface area contributed by atoms with Gasteiger partial charge in [0.15, 0.2) is 5.13 Å². The molecule has 0 saturated carbocycles. The highest BCUT2D eigenvalue weighted by Crippen LogP contribution is 2.25. The highest BCUT2D eigenvalue weighted by Gasteiger charge is 2.10. The number of rotatable bonds is 7. The summed E-state index contributed by atoms with van der Waals surface area (Å²) >= 11 is 1.49. The fraction of sp³-hybridized carbons (Fsp3) is 0.238. The van der Waals surface area contributed by atoms with Crippen LogP contribution in [0.1, 0.15) is 35.8 Å². The van der Waals surface area contributed by atoms with E-state index in [-0.39, 0.29) is 24.7 Å². The quantitative estimate of drug-likeness (QED) is 0.634. The van der Waals surface area contributed by atoms with Crippen molar-refractivity contribution in [3.63, 3.8) is 0 Å². The predicted molar refractivity (Wildman–Crippen MR) is 112 cm³/mol. The van der Waals surface area contributed by atoms with E-state index in [2.05, 4.69) is 34.4 Å². The van der Waals surface area contributed by atoms with Crippen molar-refractivity contribution in [2.75, 3.05) is 10.6 Å². The number of benzene rings is 1. The zero-order valence-electron chi connectivity index (χ0n) is 15.8. The number of thiazole rings is 1. The van der Waals surface area contributed by atoms with Crippen molar-refractivity contribution in [3.8, 4) is 0 Å². The molecule has 2 aromatic heterocycles. The van der Waals surface area contributed by atoms with Gasteiger partial charge in [0, 0.05) is 29.2 Å². The maximum Gasteiger partial charge on any atom is 0.230 e. The molecule has 0 aliphatic rings. The molecule has 6 nitrogen and oxygen atoms in total. The minimum absolute atomic E-state index is 0.108. The molecule has 1 aromatic carbocycles. The molecule has 2 heterocycles. The number of pyridine rings is 1. The van der Waals surface area contributed by atoms with E-state index >= 15 is 0 Å². The van der Waals surface area contributed by atoms with E-state index < -0.39 is 0 Å². The number of carbonyl (C=O) groups is 2. The Morgan fingerprint density at radius 3 is 2.32 bits per heavy atom. The summed E-state index contributed by atoms with van der Waals surface area (Å²) < 4.78 is 0. The van der Waals surface area contributed by atoms with E-state index in [1.54, 1.807) is 36.8 Å². The molecule has 7 heteroatoms. The third-order valence-corrected chi connectivity index (χ3v) is 5.24. The van der Waals surface area contributed by atoms with Crippen molar-refractivity contribution in [2.45, 2.75) is 32.6 Å². The minimum atomic E-state index is -0.113. The molecule has 0 radical (unpaired) electrons. The second-order valence-electron chi connectivity index (χ2n) is 6.73. The van der Waals surface area contributed by atoms with E-state index in [4.69, 9.17) is 0 Å². The largest absolute Gasteiger partial charge is 0.326 e. The Morgan fingerprint density at radius 2 is 1.68 bits per heavy atom. The van der Waals surface area contributed by atoms with Gasteiger partial charge in [-0.2, -0.15) is 0 Å². The van der Waals surface area contributed by atoms with E-state index in [9.17, 15) is 9.59 Å². The van der Waals surface area contributed by atoms with Crippen molar-refractivity contribution >= 4 is 34.0 Å². The van der Waals surface area contributed by atoms with E-state index in [1.807, 2.05) is 18.2 Å². The Balaban J connectivity index is 1.50. The fourth-order valence-electron chi connectivity index (χ4n) is 2.56. The van der Waals surface area contributed by atoms with Crippen LogP contribution in [0.15, 0.2) is 55.0 Å². The van der Waals surface area contributed by atoms with Gasteiger partial charge in [0.25, 0.3) is 0 Å². The first kappa shape index (κ1) is 19.7. The molecule has 0 saturated heterocycles. The van der Waals surface area contributed by atoms with Crippen LogP contribution in [-0.2, 0) is 22.4 Å². The number of hydrogen-bond acceptors (Lipinski definition) is 5. The van der Waals surface area contributed by atoms with Crippen LogP contribution in [0.3, 0.4) is 0 Å². The van der Waals surface area contributed by atoms with Gasteiger partial charge in [-0.05, 0) is 35.2 Å². The SMILES string of the molecule is CC(C)c1cnc(NC(=O)Cc2ccc(NC(=O)Cc3cccnc3)cc2)s1. The highest BCUT2D eigenvalue weighted by atomic mass is 32.1. The lowest BCUT2D eigenvalue weighted by Crippen LogP contribution is -2.15. The molecule has 28 heavy (non-hydrogen) atoms. The molecule has 0 spiro atoms. The lowest BCUT2D eigenvalue weighted by atomic mass is 10.1. The number of aromatic nitrogens is 2. The molecular weight excluding hydrogens is 372 g/mol. The third-order valence-electron chi connectivity index (χ3n) is 4.03. The van der Waals surface area contributed by atoms with Gasteiger partial charge < -0.3 is 10.6 Å². The number of hydrogen-bond donors (Lipinski definition) is 2. The topological polar surface area (TPSA) is 84.0 Å². The number of anilines is 2. The van der Waals surface area contributed by atoms with Crippen molar-refractivity contribution in [3.05, 3.63) is 71.0 Å². The Bertz CT molecular complexity index is 937. The number of nitrogens with zero attached hydrogens (tertiary/aromatic N) is 2. The summed E-state index contributed by atoms with van der Waals surface area (Å²) in [5, 5.41) is 6.30. The predicted octanol–water partition coefficient (Wildman–Crippen LogP) is 4.02. The van der Waals surface area contributed by atoms with Crippen molar-refractivity contribution in [1.82, 2.24) is 9.97 Å². The first-order valence-corrected chi connectivity index (χ1v) is 9.84. The van der Waals surface area contributed by atoms with Crippen LogP contribution in [0, 0.1) is 0 Å². The summed E-state index contributed by atoms with van der Waals surface area (Å²) in [6, 6.07) is 10.9. The molecular formula is C21H22N4O2S. The van der Waals surface area contributed by atoms with Crippen LogP contribution in [-0.4, -0.2) is 21.8 Å². The van der Waals surface area contributed by atoms with Crippen LogP contribution in [0.5, 0.6) is 0 Å². The number of amides is 2. The maximum absolute atomic E-state index is 12.2. The first-order chi connectivity index (χ1) is 13.5. The smallest absolute Gasteiger partial charge is 0.230 e. The standard InChI is InChI=1S/C21H22N4O2S/c1-14(2)18-13-23-21(28-18)25-20(27)10-15-5-7-17(8-6-15)24-19(26)11-16-4-3-9-22-12-16/h3-9,12-14H,10-11H2,1-2H3,(H,24,26)(H,23,25,27). The van der Waals surface area contributed by atoms with Gasteiger partial charge in [-0.1, -0.05) is 32.0 Å². The van der Waals surface area contributed by atoms with Gasteiger partial charge in [0.2, 0.25) is 11.8 Å². The van der Waals surface area contributed by atoms with Crippen molar-refractivity contribution in [1.29, 1.82) is 0 Å². The molecule has 0 unspecified atom stereocenters. The van der Waals surface area contributed by atoms with Crippen molar-refractivity contribution < 1.29 is 9.59 Å². The second kappa shape index (κ2) is 9.23. The molecule has 0 bridgehead atoms. The Kier molecular flexibility index (Phi) is 6.49. The molecule has 3 rings (SSSR count). The van der Waals surface area contributed by atoms with E-state index in [0.717, 1.165) is 16.0 Å². The average Bonchev–Trinajstić information content (AvgIpc) is 3.13. The van der Waals surface area contributed by atoms with Gasteiger partial charge in [-0.25, -0.2) is 4.98 Å². The average molecular weight is 395 g/mol. The van der Waals surface area contributed by atoms with Gasteiger partial charge in [-0.3, -0.25) is 14.6 Å². The zero-order chi connectivity index (χ0) is 19.9. The molecule has 0 atom stereocenters. The maximum atomic E-state index is 12.2. The molecule has 144 valence electrons. The number of nitrogens with one attached hydrogen (secondary N) is 2. The molecule has 0 fully saturated rings. The monoisotopic (exact) mass is 394 g/mol. The Labute approximate surface area is 168 Å². The lowest BCUT2D eigenvalue weighted by Gasteiger charge is -2.07.